The fourth-order valence-electron chi connectivity index (χ4n) is 1.78. The summed E-state index contributed by atoms with van der Waals surface area (Å²) < 4.78 is 6.93. The third-order valence-corrected chi connectivity index (χ3v) is 3.05. The molecule has 0 aromatic carbocycles. The molecule has 1 saturated heterocycles. The lowest BCUT2D eigenvalue weighted by Gasteiger charge is -2.15. The van der Waals surface area contributed by atoms with Crippen molar-refractivity contribution in [1.82, 2.24) is 9.55 Å². The van der Waals surface area contributed by atoms with Gasteiger partial charge in [-0.3, -0.25) is 4.57 Å². The number of aliphatic hydroxyl groups excluding tert-OH is 1. The minimum Gasteiger partial charge on any atom is -0.394 e. The fraction of sp³-hybridized carbons (Fsp3) is 0.600. The van der Waals surface area contributed by atoms with Crippen molar-refractivity contribution in [3.63, 3.8) is 0 Å². The first-order valence-corrected chi connectivity index (χ1v) is 5.51. The van der Waals surface area contributed by atoms with Gasteiger partial charge in [0.15, 0.2) is 0 Å². The summed E-state index contributed by atoms with van der Waals surface area (Å²) >= 11 is 5.74. The average molecular weight is 245 g/mol. The Labute approximate surface area is 97.6 Å². The van der Waals surface area contributed by atoms with Crippen LogP contribution in [0.1, 0.15) is 24.6 Å². The molecule has 16 heavy (non-hydrogen) atoms. The molecule has 88 valence electrons. The van der Waals surface area contributed by atoms with Crippen LogP contribution in [0.15, 0.2) is 11.0 Å². The van der Waals surface area contributed by atoms with Gasteiger partial charge < -0.3 is 9.84 Å². The molecule has 0 radical (unpaired) electrons. The van der Waals surface area contributed by atoms with E-state index < -0.39 is 5.69 Å². The SMILES string of the molecule is Cc1cn([C@H]2CC[C@@H](CO)O2)c(=O)nc1Cl. The molecule has 2 atom stereocenters. The van der Waals surface area contributed by atoms with Crippen LogP contribution in [0.5, 0.6) is 0 Å². The molecule has 2 rings (SSSR count). The number of aliphatic hydroxyl groups is 1. The summed E-state index contributed by atoms with van der Waals surface area (Å²) in [6.45, 7) is 1.76. The molecular formula is C10H13ClN2O3. The third kappa shape index (κ3) is 2.11. The van der Waals surface area contributed by atoms with E-state index in [0.717, 1.165) is 12.0 Å². The highest BCUT2D eigenvalue weighted by molar-refractivity contribution is 6.30. The highest BCUT2D eigenvalue weighted by Crippen LogP contribution is 2.27. The third-order valence-electron chi connectivity index (χ3n) is 2.67. The Morgan fingerprint density at radius 3 is 3.06 bits per heavy atom. The molecule has 1 fully saturated rings. The van der Waals surface area contributed by atoms with Gasteiger partial charge in [0.05, 0.1) is 12.7 Å². The Bertz CT molecular complexity index is 446. The summed E-state index contributed by atoms with van der Waals surface area (Å²) in [4.78, 5) is 15.3. The Hall–Kier alpha value is -0.910. The van der Waals surface area contributed by atoms with E-state index in [1.807, 2.05) is 0 Å². The Morgan fingerprint density at radius 1 is 1.69 bits per heavy atom. The van der Waals surface area contributed by atoms with E-state index in [1.165, 1.54) is 4.57 Å². The van der Waals surface area contributed by atoms with E-state index in [0.29, 0.717) is 6.42 Å². The molecule has 1 aliphatic rings. The van der Waals surface area contributed by atoms with E-state index in [2.05, 4.69) is 4.98 Å². The van der Waals surface area contributed by atoms with Crippen molar-refractivity contribution in [3.05, 3.63) is 27.4 Å². The molecule has 1 N–H and O–H groups in total. The first-order chi connectivity index (χ1) is 7.61. The zero-order chi connectivity index (χ0) is 11.7. The predicted molar refractivity (Wildman–Crippen MR) is 58.5 cm³/mol. The average Bonchev–Trinajstić information content (AvgIpc) is 2.71. The van der Waals surface area contributed by atoms with Gasteiger partial charge in [0.2, 0.25) is 0 Å². The van der Waals surface area contributed by atoms with E-state index in [4.69, 9.17) is 21.4 Å². The molecule has 0 unspecified atom stereocenters. The number of aromatic nitrogens is 2. The van der Waals surface area contributed by atoms with Gasteiger partial charge in [0.25, 0.3) is 0 Å². The molecule has 5 nitrogen and oxygen atoms in total. The zero-order valence-corrected chi connectivity index (χ0v) is 9.65. The summed E-state index contributed by atoms with van der Waals surface area (Å²) in [6, 6.07) is 0. The molecule has 0 saturated carbocycles. The summed E-state index contributed by atoms with van der Waals surface area (Å²) in [6.07, 6.45) is 2.56. The number of rotatable bonds is 2. The number of halogens is 1. The van der Waals surface area contributed by atoms with Crippen molar-refractivity contribution < 1.29 is 9.84 Å². The van der Waals surface area contributed by atoms with Crippen LogP contribution in [0, 0.1) is 6.92 Å². The van der Waals surface area contributed by atoms with Crippen LogP contribution in [0.4, 0.5) is 0 Å². The first-order valence-electron chi connectivity index (χ1n) is 5.13. The Kier molecular flexibility index (Phi) is 3.28. The standard InChI is InChI=1S/C10H13ClN2O3/c1-6-4-13(10(15)12-9(6)11)8-3-2-7(5-14)16-8/h4,7-8,14H,2-3,5H2,1H3/t7-,8+/m0/s1. The first kappa shape index (κ1) is 11.6. The summed E-state index contributed by atoms with van der Waals surface area (Å²) in [5.41, 5.74) is 0.316. The number of nitrogens with zero attached hydrogens (tertiary/aromatic N) is 2. The summed E-state index contributed by atoms with van der Waals surface area (Å²) in [5, 5.41) is 9.17. The minimum atomic E-state index is -0.417. The molecule has 1 aliphatic heterocycles. The Morgan fingerprint density at radius 2 is 2.44 bits per heavy atom. The molecular weight excluding hydrogens is 232 g/mol. The monoisotopic (exact) mass is 244 g/mol. The predicted octanol–water partition coefficient (Wildman–Crippen LogP) is 0.875. The van der Waals surface area contributed by atoms with Gasteiger partial charge in [-0.1, -0.05) is 11.6 Å². The van der Waals surface area contributed by atoms with Crippen molar-refractivity contribution in [2.45, 2.75) is 32.1 Å². The number of hydrogen-bond acceptors (Lipinski definition) is 4. The van der Waals surface area contributed by atoms with Crippen LogP contribution in [-0.2, 0) is 4.74 Å². The van der Waals surface area contributed by atoms with Crippen LogP contribution in [0.2, 0.25) is 5.15 Å². The number of ether oxygens (including phenoxy) is 1. The van der Waals surface area contributed by atoms with Crippen molar-refractivity contribution in [3.8, 4) is 0 Å². The van der Waals surface area contributed by atoms with Crippen molar-refractivity contribution >= 4 is 11.6 Å². The molecule has 1 aromatic heterocycles. The lowest BCUT2D eigenvalue weighted by molar-refractivity contribution is -0.0246. The topological polar surface area (TPSA) is 64.3 Å². The van der Waals surface area contributed by atoms with Crippen LogP contribution < -0.4 is 5.69 Å². The molecule has 1 aromatic rings. The fourth-order valence-corrected chi connectivity index (χ4v) is 1.90. The van der Waals surface area contributed by atoms with Gasteiger partial charge >= 0.3 is 5.69 Å². The van der Waals surface area contributed by atoms with Gasteiger partial charge in [-0.05, 0) is 19.8 Å². The zero-order valence-electron chi connectivity index (χ0n) is 8.89. The maximum Gasteiger partial charge on any atom is 0.351 e. The second-order valence-corrected chi connectivity index (χ2v) is 4.24. The van der Waals surface area contributed by atoms with Crippen molar-refractivity contribution in [2.75, 3.05) is 6.61 Å². The normalized spacial score (nSPS) is 24.9. The van der Waals surface area contributed by atoms with Crippen molar-refractivity contribution in [2.24, 2.45) is 0 Å². The Balaban J connectivity index is 2.28. The second-order valence-electron chi connectivity index (χ2n) is 3.88. The van der Waals surface area contributed by atoms with Gasteiger partial charge in [-0.2, -0.15) is 4.98 Å². The molecule has 2 heterocycles. The van der Waals surface area contributed by atoms with Crippen LogP contribution >= 0.6 is 11.6 Å². The smallest absolute Gasteiger partial charge is 0.351 e. The van der Waals surface area contributed by atoms with E-state index in [9.17, 15) is 4.79 Å². The van der Waals surface area contributed by atoms with Gasteiger partial charge in [0.1, 0.15) is 11.4 Å². The molecule has 6 heteroatoms. The maximum absolute atomic E-state index is 11.6. The van der Waals surface area contributed by atoms with Crippen molar-refractivity contribution in [1.29, 1.82) is 0 Å². The highest BCUT2D eigenvalue weighted by atomic mass is 35.5. The summed E-state index contributed by atoms with van der Waals surface area (Å²) in [5.74, 6) is 0. The molecule has 0 aliphatic carbocycles. The summed E-state index contributed by atoms with van der Waals surface area (Å²) in [7, 11) is 0. The minimum absolute atomic E-state index is 0.0226. The highest BCUT2D eigenvalue weighted by Gasteiger charge is 2.26. The van der Waals surface area contributed by atoms with Crippen LogP contribution in [0.25, 0.3) is 0 Å². The quantitative estimate of drug-likeness (QED) is 0.785. The number of aryl methyl sites for hydroxylation is 1. The lowest BCUT2D eigenvalue weighted by atomic mass is 10.2. The molecule has 0 bridgehead atoms. The van der Waals surface area contributed by atoms with Gasteiger partial charge in [-0.25, -0.2) is 4.79 Å². The van der Waals surface area contributed by atoms with E-state index in [1.54, 1.807) is 13.1 Å². The largest absolute Gasteiger partial charge is 0.394 e. The lowest BCUT2D eigenvalue weighted by Crippen LogP contribution is -2.27. The van der Waals surface area contributed by atoms with Crippen LogP contribution in [-0.4, -0.2) is 27.4 Å². The van der Waals surface area contributed by atoms with Gasteiger partial charge in [-0.15, -0.1) is 0 Å². The van der Waals surface area contributed by atoms with Crippen LogP contribution in [0.3, 0.4) is 0 Å². The molecule has 0 amide bonds. The van der Waals surface area contributed by atoms with Gasteiger partial charge in [0, 0.05) is 11.8 Å². The van der Waals surface area contributed by atoms with E-state index in [-0.39, 0.29) is 24.1 Å². The molecule has 0 spiro atoms. The second kappa shape index (κ2) is 4.53. The maximum atomic E-state index is 11.6. The number of hydrogen-bond donors (Lipinski definition) is 1. The van der Waals surface area contributed by atoms with E-state index >= 15 is 0 Å².